The minimum absolute atomic E-state index is 0.0504. The molecule has 0 saturated heterocycles. The van der Waals surface area contributed by atoms with Gasteiger partial charge in [-0.05, 0) is 30.7 Å². The summed E-state index contributed by atoms with van der Waals surface area (Å²) in [4.78, 5) is 28.3. The highest BCUT2D eigenvalue weighted by Gasteiger charge is 2.10. The SMILES string of the molecule is Cc1cccc(-c2nc(CC(=O)NNC(=O)Cc3ccc(F)cc3)cs2)c1. The lowest BCUT2D eigenvalue weighted by molar-refractivity contribution is -0.128. The molecule has 0 aliphatic carbocycles. The summed E-state index contributed by atoms with van der Waals surface area (Å²) in [5.41, 5.74) is 8.18. The Morgan fingerprint density at radius 1 is 1.04 bits per heavy atom. The van der Waals surface area contributed by atoms with Crippen molar-refractivity contribution in [1.82, 2.24) is 15.8 Å². The number of amides is 2. The van der Waals surface area contributed by atoms with Gasteiger partial charge >= 0.3 is 0 Å². The van der Waals surface area contributed by atoms with Crippen LogP contribution >= 0.6 is 11.3 Å². The molecular weight excluding hydrogens is 365 g/mol. The van der Waals surface area contributed by atoms with E-state index >= 15 is 0 Å². The summed E-state index contributed by atoms with van der Waals surface area (Å²) < 4.78 is 12.9. The van der Waals surface area contributed by atoms with Gasteiger partial charge in [0.1, 0.15) is 10.8 Å². The summed E-state index contributed by atoms with van der Waals surface area (Å²) in [6.45, 7) is 2.01. The number of carbonyl (C=O) groups is 2. The normalized spacial score (nSPS) is 10.4. The quantitative estimate of drug-likeness (QED) is 0.665. The van der Waals surface area contributed by atoms with Crippen LogP contribution in [0.4, 0.5) is 4.39 Å². The van der Waals surface area contributed by atoms with Gasteiger partial charge in [-0.25, -0.2) is 9.37 Å². The number of aryl methyl sites for hydroxylation is 1. The fraction of sp³-hybridized carbons (Fsp3) is 0.150. The van der Waals surface area contributed by atoms with Crippen molar-refractivity contribution in [3.8, 4) is 10.6 Å². The van der Waals surface area contributed by atoms with Crippen LogP contribution in [-0.2, 0) is 22.4 Å². The lowest BCUT2D eigenvalue weighted by Crippen LogP contribution is -2.43. The molecule has 0 unspecified atom stereocenters. The Kier molecular flexibility index (Phi) is 5.93. The van der Waals surface area contributed by atoms with Crippen molar-refractivity contribution in [3.05, 3.63) is 76.5 Å². The van der Waals surface area contributed by atoms with Gasteiger partial charge in [0, 0.05) is 10.9 Å². The van der Waals surface area contributed by atoms with Crippen LogP contribution in [0.2, 0.25) is 0 Å². The van der Waals surface area contributed by atoms with E-state index in [0.29, 0.717) is 11.3 Å². The van der Waals surface area contributed by atoms with E-state index in [4.69, 9.17) is 0 Å². The largest absolute Gasteiger partial charge is 0.273 e. The van der Waals surface area contributed by atoms with Crippen molar-refractivity contribution in [3.63, 3.8) is 0 Å². The first-order valence-corrected chi connectivity index (χ1v) is 9.21. The van der Waals surface area contributed by atoms with Gasteiger partial charge in [0.05, 0.1) is 18.5 Å². The average Bonchev–Trinajstić information content (AvgIpc) is 3.10. The summed E-state index contributed by atoms with van der Waals surface area (Å²) >= 11 is 1.47. The number of hydrazine groups is 1. The van der Waals surface area contributed by atoms with Crippen molar-refractivity contribution in [2.45, 2.75) is 19.8 Å². The van der Waals surface area contributed by atoms with Gasteiger partial charge in [0.2, 0.25) is 11.8 Å². The highest BCUT2D eigenvalue weighted by molar-refractivity contribution is 7.13. The van der Waals surface area contributed by atoms with E-state index in [1.54, 1.807) is 0 Å². The van der Waals surface area contributed by atoms with E-state index in [-0.39, 0.29) is 30.5 Å². The van der Waals surface area contributed by atoms with E-state index in [0.717, 1.165) is 16.1 Å². The first kappa shape index (κ1) is 18.7. The maximum absolute atomic E-state index is 12.9. The molecule has 2 amide bonds. The first-order valence-electron chi connectivity index (χ1n) is 8.33. The number of hydrogen-bond acceptors (Lipinski definition) is 4. The minimum atomic E-state index is -0.381. The highest BCUT2D eigenvalue weighted by atomic mass is 32.1. The van der Waals surface area contributed by atoms with Gasteiger partial charge in [-0.2, -0.15) is 0 Å². The van der Waals surface area contributed by atoms with E-state index < -0.39 is 0 Å². The molecule has 0 atom stereocenters. The molecule has 0 saturated carbocycles. The second-order valence-electron chi connectivity index (χ2n) is 6.09. The number of nitrogens with zero attached hydrogens (tertiary/aromatic N) is 1. The molecule has 1 aromatic heterocycles. The molecule has 2 N–H and O–H groups in total. The third kappa shape index (κ3) is 5.46. The van der Waals surface area contributed by atoms with Crippen LogP contribution in [0.25, 0.3) is 10.6 Å². The molecular formula is C20H18FN3O2S. The summed E-state index contributed by atoms with van der Waals surface area (Å²) in [6, 6.07) is 13.6. The van der Waals surface area contributed by atoms with E-state index in [1.807, 2.05) is 36.6 Å². The van der Waals surface area contributed by atoms with Crippen molar-refractivity contribution in [2.24, 2.45) is 0 Å². The van der Waals surface area contributed by atoms with Crippen molar-refractivity contribution in [1.29, 1.82) is 0 Å². The number of rotatable bonds is 5. The lowest BCUT2D eigenvalue weighted by atomic mass is 10.1. The Labute approximate surface area is 160 Å². The molecule has 5 nitrogen and oxygen atoms in total. The molecule has 3 rings (SSSR count). The Bertz CT molecular complexity index is 954. The Morgan fingerprint density at radius 2 is 1.74 bits per heavy atom. The topological polar surface area (TPSA) is 71.1 Å². The third-order valence-corrected chi connectivity index (χ3v) is 4.72. The van der Waals surface area contributed by atoms with Gasteiger partial charge < -0.3 is 0 Å². The predicted octanol–water partition coefficient (Wildman–Crippen LogP) is 3.19. The van der Waals surface area contributed by atoms with Crippen LogP contribution in [0.5, 0.6) is 0 Å². The molecule has 0 aliphatic rings. The van der Waals surface area contributed by atoms with Crippen LogP contribution in [0.3, 0.4) is 0 Å². The number of nitrogens with one attached hydrogen (secondary N) is 2. The van der Waals surface area contributed by atoms with Crippen LogP contribution in [-0.4, -0.2) is 16.8 Å². The van der Waals surface area contributed by atoms with Gasteiger partial charge in [-0.1, -0.05) is 35.9 Å². The second-order valence-corrected chi connectivity index (χ2v) is 6.95. The molecule has 138 valence electrons. The smallest absolute Gasteiger partial charge is 0.244 e. The monoisotopic (exact) mass is 383 g/mol. The number of aromatic nitrogens is 1. The molecule has 0 spiro atoms. The Balaban J connectivity index is 1.49. The molecule has 0 radical (unpaired) electrons. The lowest BCUT2D eigenvalue weighted by Gasteiger charge is -2.06. The number of hydrogen-bond donors (Lipinski definition) is 2. The molecule has 3 aromatic rings. The van der Waals surface area contributed by atoms with Gasteiger partial charge in [-0.15, -0.1) is 11.3 Å². The van der Waals surface area contributed by atoms with Crippen LogP contribution in [0.15, 0.2) is 53.9 Å². The Hall–Kier alpha value is -3.06. The predicted molar refractivity (Wildman–Crippen MR) is 102 cm³/mol. The van der Waals surface area contributed by atoms with E-state index in [9.17, 15) is 14.0 Å². The average molecular weight is 383 g/mol. The molecule has 2 aromatic carbocycles. The van der Waals surface area contributed by atoms with Gasteiger partial charge in [0.15, 0.2) is 0 Å². The summed E-state index contributed by atoms with van der Waals surface area (Å²) in [5.74, 6) is -1.10. The number of benzene rings is 2. The van der Waals surface area contributed by atoms with E-state index in [2.05, 4.69) is 15.8 Å². The third-order valence-electron chi connectivity index (χ3n) is 3.78. The second kappa shape index (κ2) is 8.55. The number of thiazole rings is 1. The van der Waals surface area contributed by atoms with Gasteiger partial charge in [-0.3, -0.25) is 20.4 Å². The fourth-order valence-corrected chi connectivity index (χ4v) is 3.30. The summed E-state index contributed by atoms with van der Waals surface area (Å²) in [7, 11) is 0. The Morgan fingerprint density at radius 3 is 2.44 bits per heavy atom. The standard InChI is InChI=1S/C20H18FN3O2S/c1-13-3-2-4-15(9-13)20-22-17(12-27-20)11-19(26)24-23-18(25)10-14-5-7-16(21)8-6-14/h2-9,12H,10-11H2,1H3,(H,23,25)(H,24,26). The fourth-order valence-electron chi connectivity index (χ4n) is 2.48. The van der Waals surface area contributed by atoms with E-state index in [1.165, 1.54) is 35.6 Å². The van der Waals surface area contributed by atoms with Crippen LogP contribution < -0.4 is 10.9 Å². The minimum Gasteiger partial charge on any atom is -0.273 e. The summed E-state index contributed by atoms with van der Waals surface area (Å²) in [5, 5.41) is 2.68. The van der Waals surface area contributed by atoms with Crippen LogP contribution in [0.1, 0.15) is 16.8 Å². The molecule has 0 bridgehead atoms. The number of halogens is 1. The van der Waals surface area contributed by atoms with Crippen molar-refractivity contribution in [2.75, 3.05) is 0 Å². The highest BCUT2D eigenvalue weighted by Crippen LogP contribution is 2.24. The maximum Gasteiger partial charge on any atom is 0.244 e. The van der Waals surface area contributed by atoms with Gasteiger partial charge in [0.25, 0.3) is 0 Å². The zero-order chi connectivity index (χ0) is 19.2. The van der Waals surface area contributed by atoms with Crippen molar-refractivity contribution >= 4 is 23.2 Å². The number of carbonyl (C=O) groups excluding carboxylic acids is 2. The zero-order valence-corrected chi connectivity index (χ0v) is 15.5. The molecule has 1 heterocycles. The molecule has 27 heavy (non-hydrogen) atoms. The maximum atomic E-state index is 12.9. The summed E-state index contributed by atoms with van der Waals surface area (Å²) in [6.07, 6.45) is 0.119. The molecule has 0 fully saturated rings. The first-order chi connectivity index (χ1) is 13.0. The zero-order valence-electron chi connectivity index (χ0n) is 14.7. The molecule has 0 aliphatic heterocycles. The molecule has 7 heteroatoms. The van der Waals surface area contributed by atoms with Crippen molar-refractivity contribution < 1.29 is 14.0 Å². The van der Waals surface area contributed by atoms with Crippen LogP contribution in [0, 0.1) is 12.7 Å².